The van der Waals surface area contributed by atoms with Gasteiger partial charge >= 0.3 is 0 Å². The molecule has 0 bridgehead atoms. The number of aromatic nitrogens is 2. The number of imidazole rings is 1. The van der Waals surface area contributed by atoms with Gasteiger partial charge in [0.1, 0.15) is 18.5 Å². The van der Waals surface area contributed by atoms with Crippen molar-refractivity contribution in [2.24, 2.45) is 0 Å². The summed E-state index contributed by atoms with van der Waals surface area (Å²) in [5.41, 5.74) is 0.675. The van der Waals surface area contributed by atoms with Crippen LogP contribution in [0.15, 0.2) is 43.0 Å². The summed E-state index contributed by atoms with van der Waals surface area (Å²) < 4.78 is 7.30. The van der Waals surface area contributed by atoms with E-state index in [1.54, 1.807) is 35.4 Å². The molecule has 0 aliphatic heterocycles. The molecule has 0 spiro atoms. The van der Waals surface area contributed by atoms with E-state index in [0.29, 0.717) is 18.0 Å². The van der Waals surface area contributed by atoms with Gasteiger partial charge in [-0.25, -0.2) is 4.98 Å². The second-order valence-electron chi connectivity index (χ2n) is 3.81. The van der Waals surface area contributed by atoms with Crippen LogP contribution in [0.5, 0.6) is 5.75 Å². The third kappa shape index (κ3) is 3.38. The molecule has 1 aromatic heterocycles. The molecular formula is C12H14ClN3O2. The Morgan fingerprint density at radius 2 is 2.28 bits per heavy atom. The number of halogens is 1. The van der Waals surface area contributed by atoms with E-state index in [0.717, 1.165) is 0 Å². The molecule has 0 amide bonds. The minimum absolute atomic E-state index is 0.188. The molecular weight excluding hydrogens is 254 g/mol. The van der Waals surface area contributed by atoms with Gasteiger partial charge < -0.3 is 14.4 Å². The number of rotatable bonds is 6. The summed E-state index contributed by atoms with van der Waals surface area (Å²) in [5, 5.41) is 9.82. The third-order valence-corrected chi connectivity index (χ3v) is 2.60. The Hall–Kier alpha value is -1.72. The number of ether oxygens (including phenoxy) is 1. The zero-order valence-electron chi connectivity index (χ0n) is 9.66. The summed E-state index contributed by atoms with van der Waals surface area (Å²) >= 11 is 5.56. The van der Waals surface area contributed by atoms with E-state index in [4.69, 9.17) is 16.5 Å². The Kier molecular flexibility index (Phi) is 4.44. The maximum atomic E-state index is 9.82. The smallest absolute Gasteiger partial charge is 0.143 e. The second kappa shape index (κ2) is 6.28. The summed E-state index contributed by atoms with van der Waals surface area (Å²) in [6.07, 6.45) is 4.50. The highest BCUT2D eigenvalue weighted by Gasteiger charge is 2.08. The topological polar surface area (TPSA) is 59.3 Å². The lowest BCUT2D eigenvalue weighted by atomic mass is 10.3. The van der Waals surface area contributed by atoms with Crippen molar-refractivity contribution in [2.75, 3.05) is 11.4 Å². The van der Waals surface area contributed by atoms with Crippen LogP contribution in [0.2, 0.25) is 0 Å². The number of benzene rings is 1. The molecule has 1 atom stereocenters. The van der Waals surface area contributed by atoms with Crippen LogP contribution in [0.1, 0.15) is 0 Å². The molecule has 18 heavy (non-hydrogen) atoms. The maximum absolute atomic E-state index is 9.82. The van der Waals surface area contributed by atoms with E-state index < -0.39 is 6.10 Å². The summed E-state index contributed by atoms with van der Waals surface area (Å²) in [7, 11) is 0. The molecule has 2 N–H and O–H groups in total. The standard InChI is InChI=1S/C12H14ClN3O2/c13-15-11-3-1-2-4-12(11)18-8-10(17)7-16-6-5-14-9-16/h1-6,9-10,15,17H,7-8H2. The van der Waals surface area contributed by atoms with Gasteiger partial charge in [-0.15, -0.1) is 0 Å². The molecule has 0 fully saturated rings. The molecule has 0 saturated heterocycles. The van der Waals surface area contributed by atoms with Crippen molar-refractivity contribution >= 4 is 17.5 Å². The first kappa shape index (κ1) is 12.7. The Bertz CT molecular complexity index is 476. The molecule has 2 aromatic rings. The number of nitrogens with one attached hydrogen (secondary N) is 1. The Morgan fingerprint density at radius 3 is 3.00 bits per heavy atom. The molecule has 5 nitrogen and oxygen atoms in total. The minimum Gasteiger partial charge on any atom is -0.489 e. The average molecular weight is 268 g/mol. The lowest BCUT2D eigenvalue weighted by molar-refractivity contribution is 0.0928. The molecule has 0 saturated carbocycles. The van der Waals surface area contributed by atoms with Crippen molar-refractivity contribution in [1.29, 1.82) is 0 Å². The van der Waals surface area contributed by atoms with Gasteiger partial charge in [-0.05, 0) is 12.1 Å². The zero-order chi connectivity index (χ0) is 12.8. The normalized spacial score (nSPS) is 12.1. The summed E-state index contributed by atoms with van der Waals surface area (Å²) in [6, 6.07) is 7.27. The molecule has 0 aliphatic rings. The van der Waals surface area contributed by atoms with Crippen molar-refractivity contribution in [3.8, 4) is 5.75 Å². The quantitative estimate of drug-likeness (QED) is 0.785. The fraction of sp³-hybridized carbons (Fsp3) is 0.250. The van der Waals surface area contributed by atoms with E-state index in [1.807, 2.05) is 12.1 Å². The predicted octanol–water partition coefficient (Wildman–Crippen LogP) is 1.89. The van der Waals surface area contributed by atoms with Crippen LogP contribution in [-0.2, 0) is 6.54 Å². The minimum atomic E-state index is -0.609. The van der Waals surface area contributed by atoms with Crippen LogP contribution in [0.3, 0.4) is 0 Å². The van der Waals surface area contributed by atoms with Gasteiger partial charge in [-0.1, -0.05) is 12.1 Å². The van der Waals surface area contributed by atoms with E-state index in [-0.39, 0.29) is 6.61 Å². The fourth-order valence-electron chi connectivity index (χ4n) is 1.55. The largest absolute Gasteiger partial charge is 0.489 e. The summed E-state index contributed by atoms with van der Waals surface area (Å²) in [4.78, 5) is 6.42. The molecule has 96 valence electrons. The van der Waals surface area contributed by atoms with E-state index in [2.05, 4.69) is 9.82 Å². The number of anilines is 1. The summed E-state index contributed by atoms with van der Waals surface area (Å²) in [6.45, 7) is 0.629. The number of aliphatic hydroxyl groups is 1. The molecule has 2 rings (SSSR count). The number of nitrogens with zero attached hydrogens (tertiary/aromatic N) is 2. The summed E-state index contributed by atoms with van der Waals surface area (Å²) in [5.74, 6) is 0.609. The van der Waals surface area contributed by atoms with Crippen LogP contribution in [0.4, 0.5) is 5.69 Å². The number of aliphatic hydroxyl groups excluding tert-OH is 1. The van der Waals surface area contributed by atoms with Gasteiger partial charge in [0.05, 0.1) is 18.6 Å². The highest BCUT2D eigenvalue weighted by molar-refractivity contribution is 6.24. The highest BCUT2D eigenvalue weighted by Crippen LogP contribution is 2.24. The van der Waals surface area contributed by atoms with Crippen LogP contribution in [0, 0.1) is 0 Å². The van der Waals surface area contributed by atoms with Crippen molar-refractivity contribution in [2.45, 2.75) is 12.6 Å². The van der Waals surface area contributed by atoms with Crippen molar-refractivity contribution < 1.29 is 9.84 Å². The van der Waals surface area contributed by atoms with Gasteiger partial charge in [0, 0.05) is 24.2 Å². The lowest BCUT2D eigenvalue weighted by Gasteiger charge is -2.14. The van der Waals surface area contributed by atoms with Gasteiger partial charge in [0.2, 0.25) is 0 Å². The molecule has 0 aliphatic carbocycles. The Morgan fingerprint density at radius 1 is 1.44 bits per heavy atom. The Balaban J connectivity index is 1.87. The lowest BCUT2D eigenvalue weighted by Crippen LogP contribution is -2.23. The fourth-order valence-corrected chi connectivity index (χ4v) is 1.70. The van der Waals surface area contributed by atoms with Crippen LogP contribution in [-0.4, -0.2) is 27.4 Å². The molecule has 0 radical (unpaired) electrons. The monoisotopic (exact) mass is 267 g/mol. The van der Waals surface area contributed by atoms with Crippen LogP contribution >= 0.6 is 11.8 Å². The number of para-hydroxylation sites is 2. The van der Waals surface area contributed by atoms with Crippen LogP contribution in [0.25, 0.3) is 0 Å². The maximum Gasteiger partial charge on any atom is 0.143 e. The van der Waals surface area contributed by atoms with Gasteiger partial charge in [-0.3, -0.25) is 4.84 Å². The van der Waals surface area contributed by atoms with Crippen LogP contribution < -0.4 is 9.57 Å². The van der Waals surface area contributed by atoms with Gasteiger partial charge in [0.15, 0.2) is 0 Å². The zero-order valence-corrected chi connectivity index (χ0v) is 10.4. The van der Waals surface area contributed by atoms with Crippen molar-refractivity contribution in [1.82, 2.24) is 9.55 Å². The predicted molar refractivity (Wildman–Crippen MR) is 69.6 cm³/mol. The average Bonchev–Trinajstić information content (AvgIpc) is 2.89. The molecule has 1 aromatic carbocycles. The van der Waals surface area contributed by atoms with Gasteiger partial charge in [0.25, 0.3) is 0 Å². The van der Waals surface area contributed by atoms with E-state index in [1.165, 1.54) is 0 Å². The Labute approximate surface area is 110 Å². The second-order valence-corrected chi connectivity index (χ2v) is 4.00. The molecule has 1 unspecified atom stereocenters. The van der Waals surface area contributed by atoms with E-state index >= 15 is 0 Å². The molecule has 1 heterocycles. The first-order chi connectivity index (χ1) is 8.79. The third-order valence-electron chi connectivity index (χ3n) is 2.40. The van der Waals surface area contributed by atoms with Gasteiger partial charge in [-0.2, -0.15) is 0 Å². The van der Waals surface area contributed by atoms with Crippen molar-refractivity contribution in [3.63, 3.8) is 0 Å². The van der Waals surface area contributed by atoms with E-state index in [9.17, 15) is 5.11 Å². The first-order valence-electron chi connectivity index (χ1n) is 5.52. The first-order valence-corrected chi connectivity index (χ1v) is 5.89. The van der Waals surface area contributed by atoms with Crippen molar-refractivity contribution in [3.05, 3.63) is 43.0 Å². The number of hydrogen-bond donors (Lipinski definition) is 2. The number of hydrogen-bond acceptors (Lipinski definition) is 4. The highest BCUT2D eigenvalue weighted by atomic mass is 35.5. The molecule has 6 heteroatoms. The SMILES string of the molecule is OC(COc1ccccc1NCl)Cn1ccnc1.